The fourth-order valence-corrected chi connectivity index (χ4v) is 5.80. The van der Waals surface area contributed by atoms with Crippen LogP contribution >= 0.6 is 22.7 Å². The first-order chi connectivity index (χ1) is 15.7. The van der Waals surface area contributed by atoms with E-state index in [1.165, 1.54) is 4.88 Å². The monoisotopic (exact) mass is 466 g/mol. The number of amides is 1. The van der Waals surface area contributed by atoms with Crippen LogP contribution in [0.3, 0.4) is 0 Å². The van der Waals surface area contributed by atoms with Gasteiger partial charge < -0.3 is 9.64 Å². The molecule has 5 rings (SSSR count). The number of rotatable bonds is 6. The lowest BCUT2D eigenvalue weighted by molar-refractivity contribution is -0.134. The smallest absolute Gasteiger partial charge is 0.257 e. The van der Waals surface area contributed by atoms with Crippen LogP contribution in [0.5, 0.6) is 5.75 Å². The zero-order valence-electron chi connectivity index (χ0n) is 18.0. The van der Waals surface area contributed by atoms with Gasteiger partial charge >= 0.3 is 0 Å². The molecule has 1 amide bonds. The number of anilines is 1. The number of carbonyl (C=O) groups excluding carboxylic acids is 1. The lowest BCUT2D eigenvalue weighted by Gasteiger charge is -2.36. The second-order valence-electron chi connectivity index (χ2n) is 7.96. The van der Waals surface area contributed by atoms with Crippen LogP contribution in [0.4, 0.5) is 5.69 Å². The van der Waals surface area contributed by atoms with E-state index in [-0.39, 0.29) is 11.9 Å². The van der Waals surface area contributed by atoms with Crippen LogP contribution in [0.2, 0.25) is 0 Å². The predicted octanol–water partition coefficient (Wildman–Crippen LogP) is 4.32. The van der Waals surface area contributed by atoms with Crippen molar-refractivity contribution in [1.82, 2.24) is 9.91 Å². The van der Waals surface area contributed by atoms with Crippen molar-refractivity contribution in [3.63, 3.8) is 0 Å². The number of hydrogen-bond acceptors (Lipinski definition) is 7. The van der Waals surface area contributed by atoms with E-state index in [9.17, 15) is 4.79 Å². The topological polar surface area (TPSA) is 48.4 Å². The van der Waals surface area contributed by atoms with E-state index >= 15 is 0 Å². The Kier molecular flexibility index (Phi) is 6.25. The first-order valence-electron chi connectivity index (χ1n) is 10.8. The largest absolute Gasteiger partial charge is 0.497 e. The second-order valence-corrected chi connectivity index (χ2v) is 9.89. The second kappa shape index (κ2) is 9.44. The van der Waals surface area contributed by atoms with E-state index in [0.29, 0.717) is 6.54 Å². The molecule has 166 valence electrons. The highest BCUT2D eigenvalue weighted by Crippen LogP contribution is 2.36. The molecule has 0 aliphatic carbocycles. The van der Waals surface area contributed by atoms with E-state index in [0.717, 1.165) is 54.6 Å². The zero-order chi connectivity index (χ0) is 21.9. The summed E-state index contributed by atoms with van der Waals surface area (Å²) in [6.07, 6.45) is 0.774. The lowest BCUT2D eigenvalue weighted by Crippen LogP contribution is -2.49. The molecule has 1 atom stereocenters. The van der Waals surface area contributed by atoms with Crippen molar-refractivity contribution < 1.29 is 9.53 Å². The van der Waals surface area contributed by atoms with Crippen molar-refractivity contribution in [3.8, 4) is 5.75 Å². The van der Waals surface area contributed by atoms with Gasteiger partial charge in [0.15, 0.2) is 0 Å². The molecule has 1 saturated heterocycles. The maximum atomic E-state index is 13.3. The summed E-state index contributed by atoms with van der Waals surface area (Å²) >= 11 is 3.37. The first kappa shape index (κ1) is 21.2. The fraction of sp³-hybridized carbons (Fsp3) is 0.333. The van der Waals surface area contributed by atoms with Crippen molar-refractivity contribution >= 4 is 40.0 Å². The Balaban J connectivity index is 1.24. The lowest BCUT2D eigenvalue weighted by atomic mass is 10.1. The van der Waals surface area contributed by atoms with Crippen LogP contribution in [0.25, 0.3) is 0 Å². The first-order valence-corrected chi connectivity index (χ1v) is 12.6. The normalized spacial score (nSPS) is 19.3. The number of benzene rings is 1. The minimum absolute atomic E-state index is 0.00215. The van der Waals surface area contributed by atoms with Crippen LogP contribution < -0.4 is 9.64 Å². The average Bonchev–Trinajstić information content (AvgIpc) is 3.60. The highest BCUT2D eigenvalue weighted by atomic mass is 32.1. The Morgan fingerprint density at radius 1 is 1.06 bits per heavy atom. The Morgan fingerprint density at radius 3 is 2.59 bits per heavy atom. The van der Waals surface area contributed by atoms with Gasteiger partial charge in [0.05, 0.1) is 30.3 Å². The Labute approximate surface area is 196 Å². The van der Waals surface area contributed by atoms with Gasteiger partial charge in [0.25, 0.3) is 5.91 Å². The number of nitrogens with zero attached hydrogens (tertiary/aromatic N) is 4. The zero-order valence-corrected chi connectivity index (χ0v) is 19.6. The van der Waals surface area contributed by atoms with Crippen molar-refractivity contribution in [1.29, 1.82) is 0 Å². The van der Waals surface area contributed by atoms with Gasteiger partial charge in [0, 0.05) is 49.2 Å². The number of methoxy groups -OCH3 is 1. The summed E-state index contributed by atoms with van der Waals surface area (Å²) in [6, 6.07) is 16.4. The average molecular weight is 467 g/mol. The van der Waals surface area contributed by atoms with E-state index in [2.05, 4.69) is 44.8 Å². The summed E-state index contributed by atoms with van der Waals surface area (Å²) in [5.74, 6) is 0.943. The summed E-state index contributed by atoms with van der Waals surface area (Å²) in [5, 5.41) is 10.6. The maximum Gasteiger partial charge on any atom is 0.257 e. The van der Waals surface area contributed by atoms with Gasteiger partial charge in [0.2, 0.25) is 0 Å². The summed E-state index contributed by atoms with van der Waals surface area (Å²) < 4.78 is 5.35. The minimum Gasteiger partial charge on any atom is -0.497 e. The molecule has 0 N–H and O–H groups in total. The van der Waals surface area contributed by atoms with Crippen LogP contribution in [0.1, 0.15) is 22.2 Å². The molecule has 8 heteroatoms. The SMILES string of the molecule is COc1cccc(N2CCN(CC(=O)N3N=C(c4cccs4)C[C@H]3c3cccs3)CC2)c1. The van der Waals surface area contributed by atoms with Crippen LogP contribution in [-0.4, -0.2) is 61.4 Å². The highest BCUT2D eigenvalue weighted by molar-refractivity contribution is 7.12. The van der Waals surface area contributed by atoms with Crippen LogP contribution in [0.15, 0.2) is 64.4 Å². The van der Waals surface area contributed by atoms with Crippen molar-refractivity contribution in [3.05, 3.63) is 69.0 Å². The molecule has 0 unspecified atom stereocenters. The minimum atomic E-state index is -0.00215. The van der Waals surface area contributed by atoms with Gasteiger partial charge in [-0.25, -0.2) is 5.01 Å². The fourth-order valence-electron chi connectivity index (χ4n) is 4.27. The van der Waals surface area contributed by atoms with Gasteiger partial charge in [-0.3, -0.25) is 9.69 Å². The molecule has 1 aromatic carbocycles. The van der Waals surface area contributed by atoms with E-state index in [4.69, 9.17) is 9.84 Å². The Morgan fingerprint density at radius 2 is 1.88 bits per heavy atom. The van der Waals surface area contributed by atoms with Gasteiger partial charge in [0.1, 0.15) is 5.75 Å². The standard InChI is InChI=1S/C24H26N4O2S2/c1-30-19-6-2-5-18(15-19)27-11-9-26(10-12-27)17-24(29)28-21(23-8-4-14-32-23)16-20(25-28)22-7-3-13-31-22/h2-8,13-15,21H,9-12,16-17H2,1H3/t21-/m0/s1. The van der Waals surface area contributed by atoms with Crippen molar-refractivity contribution in [2.75, 3.05) is 44.7 Å². The molecule has 0 spiro atoms. The number of hydrazone groups is 1. The summed E-state index contributed by atoms with van der Waals surface area (Å²) in [7, 11) is 1.69. The number of piperazine rings is 1. The molecule has 2 aromatic heterocycles. The van der Waals surface area contributed by atoms with Gasteiger partial charge in [-0.2, -0.15) is 5.10 Å². The molecule has 0 saturated carbocycles. The molecule has 2 aliphatic rings. The Hall–Kier alpha value is -2.68. The van der Waals surface area contributed by atoms with Gasteiger partial charge in [-0.05, 0) is 35.0 Å². The molecule has 0 bridgehead atoms. The number of carbonyl (C=O) groups is 1. The summed E-state index contributed by atoms with van der Waals surface area (Å²) in [6.45, 7) is 3.87. The molecule has 4 heterocycles. The van der Waals surface area contributed by atoms with Gasteiger partial charge in [-0.15, -0.1) is 22.7 Å². The summed E-state index contributed by atoms with van der Waals surface area (Å²) in [5.41, 5.74) is 2.17. The van der Waals surface area contributed by atoms with E-state index in [1.54, 1.807) is 34.8 Å². The van der Waals surface area contributed by atoms with Gasteiger partial charge in [-0.1, -0.05) is 18.2 Å². The maximum absolute atomic E-state index is 13.3. The molecular weight excluding hydrogens is 440 g/mol. The third-order valence-corrected chi connectivity index (χ3v) is 7.89. The van der Waals surface area contributed by atoms with Crippen LogP contribution in [-0.2, 0) is 4.79 Å². The molecule has 1 fully saturated rings. The number of hydrogen-bond donors (Lipinski definition) is 0. The van der Waals surface area contributed by atoms with Crippen LogP contribution in [0, 0.1) is 0 Å². The summed E-state index contributed by atoms with van der Waals surface area (Å²) in [4.78, 5) is 20.2. The molecule has 32 heavy (non-hydrogen) atoms. The molecule has 6 nitrogen and oxygen atoms in total. The van der Waals surface area contributed by atoms with Crippen molar-refractivity contribution in [2.24, 2.45) is 5.10 Å². The van der Waals surface area contributed by atoms with E-state index < -0.39 is 0 Å². The highest BCUT2D eigenvalue weighted by Gasteiger charge is 2.35. The molecule has 3 aromatic rings. The number of ether oxygens (including phenoxy) is 1. The molecule has 0 radical (unpaired) electrons. The molecule has 2 aliphatic heterocycles. The third-order valence-electron chi connectivity index (χ3n) is 5.99. The molecular formula is C24H26N4O2S2. The quantitative estimate of drug-likeness (QED) is 0.543. The van der Waals surface area contributed by atoms with Crippen molar-refractivity contribution in [2.45, 2.75) is 12.5 Å². The number of thiophene rings is 2. The third kappa shape index (κ3) is 4.44. The van der Waals surface area contributed by atoms with E-state index in [1.807, 2.05) is 24.3 Å². The Bertz CT molecular complexity index is 1070. The predicted molar refractivity (Wildman–Crippen MR) is 131 cm³/mol.